The molecule has 2 aliphatic rings. The van der Waals surface area contributed by atoms with Crippen LogP contribution in [0.2, 0.25) is 0 Å². The fourth-order valence-corrected chi connectivity index (χ4v) is 5.77. The first kappa shape index (κ1) is 22.0. The molecule has 1 aromatic rings. The third-order valence-electron chi connectivity index (χ3n) is 6.69. The molecule has 2 fully saturated rings. The molecule has 0 radical (unpaired) electrons. The Morgan fingerprint density at radius 3 is 2.48 bits per heavy atom. The van der Waals surface area contributed by atoms with Gasteiger partial charge in [-0.3, -0.25) is 4.79 Å². The van der Waals surface area contributed by atoms with E-state index in [9.17, 15) is 13.2 Å². The minimum Gasteiger partial charge on any atom is -0.267 e. The summed E-state index contributed by atoms with van der Waals surface area (Å²) >= 11 is 0. The minimum atomic E-state index is -3.54. The molecule has 29 heavy (non-hydrogen) atoms. The Labute approximate surface area is 174 Å². The van der Waals surface area contributed by atoms with E-state index in [-0.39, 0.29) is 10.8 Å². The molecular formula is C22H33N3O3S. The second-order valence-corrected chi connectivity index (χ2v) is 10.8. The van der Waals surface area contributed by atoms with Crippen molar-refractivity contribution in [2.45, 2.75) is 70.6 Å². The van der Waals surface area contributed by atoms with Crippen molar-refractivity contribution in [3.05, 3.63) is 29.8 Å². The van der Waals surface area contributed by atoms with Gasteiger partial charge >= 0.3 is 0 Å². The molecule has 1 N–H and O–H groups in total. The molecule has 160 valence electrons. The SMILES string of the molecule is CCC(C)(C)C1CCC(=NNC(=O)c2cccc(S(=O)(=O)N3CCCC3)c2)CC1. The number of carbonyl (C=O) groups is 1. The predicted octanol–water partition coefficient (Wildman–Crippen LogP) is 4.18. The monoisotopic (exact) mass is 419 g/mol. The molecule has 1 heterocycles. The molecule has 1 saturated carbocycles. The van der Waals surface area contributed by atoms with Crippen LogP contribution in [0.25, 0.3) is 0 Å². The van der Waals surface area contributed by atoms with Crippen LogP contribution in [0.1, 0.15) is 76.1 Å². The van der Waals surface area contributed by atoms with Gasteiger partial charge in [0.25, 0.3) is 5.91 Å². The minimum absolute atomic E-state index is 0.169. The molecule has 3 rings (SSSR count). The van der Waals surface area contributed by atoms with Crippen molar-refractivity contribution in [3.8, 4) is 0 Å². The van der Waals surface area contributed by atoms with E-state index >= 15 is 0 Å². The maximum Gasteiger partial charge on any atom is 0.271 e. The molecule has 0 aromatic heterocycles. The molecule has 1 amide bonds. The summed E-state index contributed by atoms with van der Waals surface area (Å²) < 4.78 is 26.9. The van der Waals surface area contributed by atoms with Gasteiger partial charge in [0, 0.05) is 24.4 Å². The van der Waals surface area contributed by atoms with Crippen molar-refractivity contribution in [1.29, 1.82) is 0 Å². The highest BCUT2D eigenvalue weighted by Crippen LogP contribution is 2.39. The van der Waals surface area contributed by atoms with Crippen molar-refractivity contribution in [1.82, 2.24) is 9.73 Å². The quantitative estimate of drug-likeness (QED) is 0.703. The highest BCUT2D eigenvalue weighted by molar-refractivity contribution is 7.89. The molecule has 0 atom stereocenters. The number of hydrazone groups is 1. The van der Waals surface area contributed by atoms with Crippen LogP contribution in [0.15, 0.2) is 34.3 Å². The van der Waals surface area contributed by atoms with Crippen molar-refractivity contribution in [2.75, 3.05) is 13.1 Å². The van der Waals surface area contributed by atoms with Gasteiger partial charge in [-0.1, -0.05) is 33.3 Å². The third kappa shape index (κ3) is 5.07. The van der Waals surface area contributed by atoms with E-state index in [1.165, 1.54) is 10.4 Å². The number of nitrogens with zero attached hydrogens (tertiary/aromatic N) is 2. The van der Waals surface area contributed by atoms with E-state index in [0.717, 1.165) is 50.7 Å². The number of carbonyl (C=O) groups excluding carboxylic acids is 1. The normalized spacial score (nSPS) is 21.2. The zero-order valence-corrected chi connectivity index (χ0v) is 18.6. The highest BCUT2D eigenvalue weighted by Gasteiger charge is 2.31. The number of hydrogen-bond donors (Lipinski definition) is 1. The average molecular weight is 420 g/mol. The number of nitrogens with one attached hydrogen (secondary N) is 1. The maximum atomic E-state index is 12.7. The van der Waals surface area contributed by atoms with Gasteiger partial charge in [-0.2, -0.15) is 9.41 Å². The van der Waals surface area contributed by atoms with Crippen molar-refractivity contribution < 1.29 is 13.2 Å². The van der Waals surface area contributed by atoms with Gasteiger partial charge in [-0.05, 0) is 68.1 Å². The van der Waals surface area contributed by atoms with Crippen LogP contribution in [0, 0.1) is 11.3 Å². The summed E-state index contributed by atoms with van der Waals surface area (Å²) in [5, 5.41) is 4.33. The van der Waals surface area contributed by atoms with Gasteiger partial charge in [0.1, 0.15) is 0 Å². The number of sulfonamides is 1. The summed E-state index contributed by atoms with van der Waals surface area (Å²) in [5.41, 5.74) is 4.30. The van der Waals surface area contributed by atoms with Gasteiger partial charge in [0.15, 0.2) is 0 Å². The maximum absolute atomic E-state index is 12.7. The van der Waals surface area contributed by atoms with Gasteiger partial charge < -0.3 is 0 Å². The predicted molar refractivity (Wildman–Crippen MR) is 115 cm³/mol. The molecule has 1 aliphatic carbocycles. The van der Waals surface area contributed by atoms with E-state index in [2.05, 4.69) is 31.3 Å². The third-order valence-corrected chi connectivity index (χ3v) is 8.59. The Bertz CT molecular complexity index is 861. The van der Waals surface area contributed by atoms with Crippen LogP contribution < -0.4 is 5.43 Å². The Kier molecular flexibility index (Phi) is 6.79. The molecule has 6 nitrogen and oxygen atoms in total. The summed E-state index contributed by atoms with van der Waals surface area (Å²) in [6, 6.07) is 6.24. The first-order valence-electron chi connectivity index (χ1n) is 10.7. The lowest BCUT2D eigenvalue weighted by atomic mass is 9.69. The molecule has 1 saturated heterocycles. The first-order valence-corrected chi connectivity index (χ1v) is 12.1. The second-order valence-electron chi connectivity index (χ2n) is 8.87. The fourth-order valence-electron chi connectivity index (χ4n) is 4.20. The van der Waals surface area contributed by atoms with Gasteiger partial charge in [-0.15, -0.1) is 0 Å². The Balaban J connectivity index is 1.63. The first-order chi connectivity index (χ1) is 13.7. The molecule has 1 aromatic carbocycles. The summed E-state index contributed by atoms with van der Waals surface area (Å²) in [6.45, 7) is 7.97. The van der Waals surface area contributed by atoms with Gasteiger partial charge in [0.05, 0.1) is 4.90 Å². The fraction of sp³-hybridized carbons (Fsp3) is 0.636. The lowest BCUT2D eigenvalue weighted by molar-refractivity contribution is 0.0954. The van der Waals surface area contributed by atoms with Crippen molar-refractivity contribution >= 4 is 21.6 Å². The molecule has 1 aliphatic heterocycles. The largest absolute Gasteiger partial charge is 0.271 e. The number of benzene rings is 1. The standard InChI is InChI=1S/C22H33N3O3S/c1-4-22(2,3)18-10-12-19(13-11-18)23-24-21(26)17-8-7-9-20(16-17)29(27,28)25-14-5-6-15-25/h7-9,16,18H,4-6,10-15H2,1-3H3,(H,24,26). The van der Waals surface area contributed by atoms with Crippen LogP contribution in [0.5, 0.6) is 0 Å². The van der Waals surface area contributed by atoms with Crippen LogP contribution in [0.3, 0.4) is 0 Å². The lowest BCUT2D eigenvalue weighted by Gasteiger charge is -2.36. The van der Waals surface area contributed by atoms with E-state index in [1.807, 2.05) is 0 Å². The van der Waals surface area contributed by atoms with E-state index in [1.54, 1.807) is 18.2 Å². The van der Waals surface area contributed by atoms with E-state index in [0.29, 0.717) is 30.0 Å². The van der Waals surface area contributed by atoms with Crippen LogP contribution in [-0.2, 0) is 10.0 Å². The Morgan fingerprint density at radius 2 is 1.86 bits per heavy atom. The Hall–Kier alpha value is -1.73. The summed E-state index contributed by atoms with van der Waals surface area (Å²) in [5.74, 6) is 0.321. The number of hydrogen-bond acceptors (Lipinski definition) is 4. The molecule has 0 bridgehead atoms. The van der Waals surface area contributed by atoms with Gasteiger partial charge in [0.2, 0.25) is 10.0 Å². The summed E-state index contributed by atoms with van der Waals surface area (Å²) in [6.07, 6.45) is 6.92. The molecular weight excluding hydrogens is 386 g/mol. The van der Waals surface area contributed by atoms with Crippen LogP contribution >= 0.6 is 0 Å². The lowest BCUT2D eigenvalue weighted by Crippen LogP contribution is -2.29. The molecule has 7 heteroatoms. The number of amides is 1. The van der Waals surface area contributed by atoms with E-state index < -0.39 is 10.0 Å². The van der Waals surface area contributed by atoms with Crippen LogP contribution in [-0.4, -0.2) is 37.4 Å². The smallest absolute Gasteiger partial charge is 0.267 e. The van der Waals surface area contributed by atoms with Crippen molar-refractivity contribution in [3.63, 3.8) is 0 Å². The zero-order valence-electron chi connectivity index (χ0n) is 17.8. The summed E-state index contributed by atoms with van der Waals surface area (Å²) in [4.78, 5) is 12.7. The molecule has 0 spiro atoms. The topological polar surface area (TPSA) is 78.8 Å². The number of rotatable bonds is 6. The van der Waals surface area contributed by atoms with E-state index in [4.69, 9.17) is 0 Å². The van der Waals surface area contributed by atoms with Crippen molar-refractivity contribution in [2.24, 2.45) is 16.4 Å². The van der Waals surface area contributed by atoms with Crippen LogP contribution in [0.4, 0.5) is 0 Å². The average Bonchev–Trinajstić information content (AvgIpc) is 3.28. The second kappa shape index (κ2) is 8.96. The Morgan fingerprint density at radius 1 is 1.21 bits per heavy atom. The molecule has 0 unspecified atom stereocenters. The summed E-state index contributed by atoms with van der Waals surface area (Å²) in [7, 11) is -3.54. The zero-order chi connectivity index (χ0) is 21.1. The highest BCUT2D eigenvalue weighted by atomic mass is 32.2. The van der Waals surface area contributed by atoms with Gasteiger partial charge in [-0.25, -0.2) is 13.8 Å².